The number of carbonyl (C=O) groups is 1. The van der Waals surface area contributed by atoms with E-state index in [1.54, 1.807) is 12.5 Å². The highest BCUT2D eigenvalue weighted by atomic mass is 32.2. The molecular weight excluding hydrogens is 398 g/mol. The number of fused-ring (bicyclic) bond motifs is 1. The second-order valence-electron chi connectivity index (χ2n) is 8.06. The van der Waals surface area contributed by atoms with Crippen LogP contribution in [0.15, 0.2) is 36.8 Å². The van der Waals surface area contributed by atoms with Crippen LogP contribution in [0.2, 0.25) is 0 Å². The maximum atomic E-state index is 12.4. The Balaban J connectivity index is 1.54. The monoisotopic (exact) mass is 425 g/mol. The van der Waals surface area contributed by atoms with Crippen LogP contribution in [-0.2, 0) is 9.52 Å². The number of imidazole rings is 1. The number of rotatable bonds is 8. The molecule has 0 spiro atoms. The third-order valence-electron chi connectivity index (χ3n) is 5.15. The van der Waals surface area contributed by atoms with Crippen molar-refractivity contribution in [3.63, 3.8) is 0 Å². The molecule has 0 radical (unpaired) electrons. The Morgan fingerprint density at radius 3 is 2.83 bits per heavy atom. The highest BCUT2D eigenvalue weighted by Gasteiger charge is 2.24. The van der Waals surface area contributed by atoms with Crippen LogP contribution in [0.1, 0.15) is 35.2 Å². The van der Waals surface area contributed by atoms with Gasteiger partial charge >= 0.3 is 0 Å². The number of nitrogens with one attached hydrogen (secondary N) is 2. The van der Waals surface area contributed by atoms with E-state index in [2.05, 4.69) is 26.5 Å². The summed E-state index contributed by atoms with van der Waals surface area (Å²) in [5.41, 5.74) is 4.29. The van der Waals surface area contributed by atoms with Gasteiger partial charge in [0.05, 0.1) is 11.9 Å². The number of carbonyl (C=O) groups excluding carboxylic acids is 1. The quantitative estimate of drug-likeness (QED) is 0.428. The second-order valence-corrected chi connectivity index (χ2v) is 10.8. The lowest BCUT2D eigenvalue weighted by Gasteiger charge is -2.10. The lowest BCUT2D eigenvalue weighted by atomic mass is 10.0. The van der Waals surface area contributed by atoms with Crippen molar-refractivity contribution < 1.29 is 9.00 Å². The van der Waals surface area contributed by atoms with Gasteiger partial charge in [0.15, 0.2) is 11.5 Å². The van der Waals surface area contributed by atoms with Gasteiger partial charge in [-0.05, 0) is 59.3 Å². The van der Waals surface area contributed by atoms with E-state index >= 15 is 0 Å². The van der Waals surface area contributed by atoms with E-state index in [1.165, 1.54) is 0 Å². The number of aryl methyl sites for hydroxylation is 1. The van der Waals surface area contributed by atoms with Gasteiger partial charge in [-0.25, -0.2) is 9.97 Å². The lowest BCUT2D eigenvalue weighted by Crippen LogP contribution is -2.26. The summed E-state index contributed by atoms with van der Waals surface area (Å²) < 4.78 is 13.7. The Morgan fingerprint density at radius 2 is 2.13 bits per heavy atom. The average Bonchev–Trinajstić information content (AvgIpc) is 3.39. The SMILES string of the molecule is C=S(C)(=O)CCCNc1nccn2c(-c3ccc(C(=O)NC4CC4)c(C)c3)cnc12. The molecule has 158 valence electrons. The van der Waals surface area contributed by atoms with Crippen LogP contribution in [0.4, 0.5) is 5.82 Å². The zero-order valence-electron chi connectivity index (χ0n) is 17.4. The number of hydrogen-bond donors (Lipinski definition) is 2. The Hall–Kier alpha value is -2.87. The van der Waals surface area contributed by atoms with Crippen LogP contribution in [0.5, 0.6) is 0 Å². The molecule has 1 amide bonds. The normalized spacial score (nSPS) is 15.7. The minimum Gasteiger partial charge on any atom is -0.367 e. The first-order valence-corrected chi connectivity index (χ1v) is 12.4. The van der Waals surface area contributed by atoms with Gasteiger partial charge < -0.3 is 10.6 Å². The summed E-state index contributed by atoms with van der Waals surface area (Å²) in [5.74, 6) is 4.94. The topological polar surface area (TPSA) is 88.4 Å². The van der Waals surface area contributed by atoms with Gasteiger partial charge in [-0.3, -0.25) is 13.4 Å². The molecule has 1 aromatic carbocycles. The molecule has 1 atom stereocenters. The van der Waals surface area contributed by atoms with E-state index < -0.39 is 9.52 Å². The standard InChI is InChI=1S/C22H27N5O2S/c1-15-13-16(5-8-18(15)22(28)26-17-6-7-17)19-14-25-21-20(24-10-11-27(19)21)23-9-4-12-30(2,3)29/h5,8,10-11,13-14,17H,2,4,6-7,9,12H2,1,3H3,(H,23,24)(H,26,28). The zero-order valence-corrected chi connectivity index (χ0v) is 18.2. The highest BCUT2D eigenvalue weighted by molar-refractivity contribution is 7.99. The third-order valence-corrected chi connectivity index (χ3v) is 6.31. The molecule has 2 N–H and O–H groups in total. The molecule has 0 aliphatic heterocycles. The number of hydrogen-bond acceptors (Lipinski definition) is 5. The number of aromatic nitrogens is 3. The summed E-state index contributed by atoms with van der Waals surface area (Å²) in [6.45, 7) is 2.61. The van der Waals surface area contributed by atoms with Crippen molar-refractivity contribution in [2.45, 2.75) is 32.2 Å². The van der Waals surface area contributed by atoms with Gasteiger partial charge in [-0.2, -0.15) is 0 Å². The second kappa shape index (κ2) is 8.10. The maximum absolute atomic E-state index is 12.4. The molecule has 1 aliphatic rings. The van der Waals surface area contributed by atoms with Crippen molar-refractivity contribution in [2.75, 3.05) is 23.9 Å². The van der Waals surface area contributed by atoms with Crippen molar-refractivity contribution >= 4 is 32.8 Å². The Bertz CT molecular complexity index is 1200. The minimum absolute atomic E-state index is 0.00586. The summed E-state index contributed by atoms with van der Waals surface area (Å²) >= 11 is 0. The molecular formula is C22H27N5O2S. The molecule has 1 saturated carbocycles. The van der Waals surface area contributed by atoms with Crippen molar-refractivity contribution in [3.05, 3.63) is 47.9 Å². The fourth-order valence-corrected chi connectivity index (χ4v) is 4.17. The predicted octanol–water partition coefficient (Wildman–Crippen LogP) is 2.75. The molecule has 8 heteroatoms. The predicted molar refractivity (Wildman–Crippen MR) is 123 cm³/mol. The summed E-state index contributed by atoms with van der Waals surface area (Å²) in [4.78, 5) is 21.3. The first kappa shape index (κ1) is 20.4. The fraction of sp³-hybridized carbons (Fsp3) is 0.364. The number of amides is 1. The van der Waals surface area contributed by atoms with Crippen LogP contribution in [-0.4, -0.2) is 55.0 Å². The van der Waals surface area contributed by atoms with Crippen molar-refractivity contribution in [3.8, 4) is 11.3 Å². The molecule has 4 rings (SSSR count). The molecule has 0 bridgehead atoms. The van der Waals surface area contributed by atoms with E-state index in [1.807, 2.05) is 41.9 Å². The van der Waals surface area contributed by atoms with Crippen molar-refractivity contribution in [1.82, 2.24) is 19.7 Å². The number of benzene rings is 1. The summed E-state index contributed by atoms with van der Waals surface area (Å²) in [5, 5.41) is 6.32. The van der Waals surface area contributed by atoms with E-state index in [4.69, 9.17) is 0 Å². The summed E-state index contributed by atoms with van der Waals surface area (Å²) in [6, 6.07) is 6.19. The number of nitrogens with zero attached hydrogens (tertiary/aromatic N) is 3. The molecule has 3 aromatic rings. The summed E-state index contributed by atoms with van der Waals surface area (Å²) in [7, 11) is -1.98. The smallest absolute Gasteiger partial charge is 0.251 e. The van der Waals surface area contributed by atoms with Gasteiger partial charge in [0, 0.05) is 48.1 Å². The van der Waals surface area contributed by atoms with E-state index in [9.17, 15) is 9.00 Å². The molecule has 2 heterocycles. The van der Waals surface area contributed by atoms with Crippen molar-refractivity contribution in [1.29, 1.82) is 0 Å². The third kappa shape index (κ3) is 4.64. The Morgan fingerprint density at radius 1 is 1.33 bits per heavy atom. The fourth-order valence-electron chi connectivity index (χ4n) is 3.41. The van der Waals surface area contributed by atoms with Gasteiger partial charge in [0.2, 0.25) is 0 Å². The molecule has 1 aliphatic carbocycles. The zero-order chi connectivity index (χ0) is 21.3. The van der Waals surface area contributed by atoms with Gasteiger partial charge in [-0.1, -0.05) is 6.07 Å². The van der Waals surface area contributed by atoms with Crippen LogP contribution >= 0.6 is 0 Å². The molecule has 0 saturated heterocycles. The molecule has 1 fully saturated rings. The van der Waals surface area contributed by atoms with Crippen LogP contribution in [0, 0.1) is 6.92 Å². The van der Waals surface area contributed by atoms with Crippen LogP contribution in [0.3, 0.4) is 0 Å². The summed E-state index contributed by atoms with van der Waals surface area (Å²) in [6.07, 6.45) is 9.99. The average molecular weight is 426 g/mol. The molecule has 30 heavy (non-hydrogen) atoms. The first-order chi connectivity index (χ1) is 14.3. The lowest BCUT2D eigenvalue weighted by molar-refractivity contribution is 0.0950. The molecule has 1 unspecified atom stereocenters. The maximum Gasteiger partial charge on any atom is 0.251 e. The van der Waals surface area contributed by atoms with E-state index in [-0.39, 0.29) is 5.91 Å². The minimum atomic E-state index is -1.98. The Kier molecular flexibility index (Phi) is 5.51. The van der Waals surface area contributed by atoms with E-state index in [0.29, 0.717) is 29.7 Å². The largest absolute Gasteiger partial charge is 0.367 e. The van der Waals surface area contributed by atoms with E-state index in [0.717, 1.165) is 41.7 Å². The van der Waals surface area contributed by atoms with Gasteiger partial charge in [-0.15, -0.1) is 0 Å². The van der Waals surface area contributed by atoms with Crippen molar-refractivity contribution in [2.24, 2.45) is 0 Å². The molecule has 2 aromatic heterocycles. The van der Waals surface area contributed by atoms with Gasteiger partial charge in [0.25, 0.3) is 5.91 Å². The molecule has 7 nitrogen and oxygen atoms in total. The first-order valence-electron chi connectivity index (χ1n) is 10.1. The van der Waals surface area contributed by atoms with Gasteiger partial charge in [0.1, 0.15) is 0 Å². The van der Waals surface area contributed by atoms with Crippen LogP contribution < -0.4 is 10.6 Å². The number of anilines is 1. The highest BCUT2D eigenvalue weighted by Crippen LogP contribution is 2.26. The van der Waals surface area contributed by atoms with Crippen LogP contribution in [0.25, 0.3) is 16.9 Å². The Labute approximate surface area is 176 Å².